The van der Waals surface area contributed by atoms with Crippen LogP contribution in [-0.2, 0) is 14.3 Å². The summed E-state index contributed by atoms with van der Waals surface area (Å²) in [4.78, 5) is 19.4. The van der Waals surface area contributed by atoms with Crippen LogP contribution in [0.4, 0.5) is 0 Å². The van der Waals surface area contributed by atoms with Crippen LogP contribution in [0.1, 0.15) is 13.8 Å². The van der Waals surface area contributed by atoms with Crippen molar-refractivity contribution in [1.82, 2.24) is 0 Å². The molecule has 0 saturated carbocycles. The zero-order valence-electron chi connectivity index (χ0n) is 10.7. The smallest absolute Gasteiger partial charge is 0.332 e. The van der Waals surface area contributed by atoms with Gasteiger partial charge in [0.1, 0.15) is 0 Å². The van der Waals surface area contributed by atoms with Crippen molar-refractivity contribution in [2.45, 2.75) is 13.8 Å². The second-order valence-electron chi connectivity index (χ2n) is 2.86. The van der Waals surface area contributed by atoms with E-state index in [1.807, 2.05) is 6.92 Å². The number of carboxylic acid groups (broad SMARTS) is 1. The quantitative estimate of drug-likeness (QED) is 0.468. The molecule has 0 fully saturated rings. The lowest BCUT2D eigenvalue weighted by atomic mass is 10.4. The number of esters is 1. The predicted molar refractivity (Wildman–Crippen MR) is 69.7 cm³/mol. The minimum Gasteiger partial charge on any atom is -0.478 e. The van der Waals surface area contributed by atoms with Crippen LogP contribution in [0.25, 0.3) is 0 Å². The van der Waals surface area contributed by atoms with Gasteiger partial charge in [-0.25, -0.2) is 9.59 Å². The Kier molecular flexibility index (Phi) is 16.6. The van der Waals surface area contributed by atoms with Gasteiger partial charge in [0.2, 0.25) is 0 Å². The maximum absolute atomic E-state index is 10.2. The van der Waals surface area contributed by atoms with Crippen molar-refractivity contribution in [3.63, 3.8) is 0 Å². The van der Waals surface area contributed by atoms with Crippen molar-refractivity contribution in [2.24, 2.45) is 0 Å². The molecular weight excluding hydrogens is 220 g/mol. The Balaban J connectivity index is -0.000000177. The highest BCUT2D eigenvalue weighted by Gasteiger charge is 1.95. The molecule has 0 rings (SSSR count). The first-order chi connectivity index (χ1) is 7.72. The molecule has 1 N–H and O–H groups in total. The van der Waals surface area contributed by atoms with Crippen LogP contribution in [0.15, 0.2) is 49.6 Å². The van der Waals surface area contributed by atoms with Gasteiger partial charge in [0.15, 0.2) is 0 Å². The van der Waals surface area contributed by atoms with E-state index >= 15 is 0 Å². The van der Waals surface area contributed by atoms with E-state index in [0.717, 1.165) is 11.6 Å². The summed E-state index contributed by atoms with van der Waals surface area (Å²) in [5.41, 5.74) is 1.45. The first-order valence-corrected chi connectivity index (χ1v) is 4.60. The molecule has 0 saturated heterocycles. The molecule has 0 bridgehead atoms. The molecule has 96 valence electrons. The molecule has 0 spiro atoms. The summed E-state index contributed by atoms with van der Waals surface area (Å²) < 4.78 is 4.27. The molecule has 0 aromatic carbocycles. The van der Waals surface area contributed by atoms with Crippen molar-refractivity contribution in [2.75, 3.05) is 7.11 Å². The standard InChI is InChI=1S/C5H8O2.C5H8.C3H4O2/c1-4(2)5(6)7-3;1-4-5(2)3;1-2-3(4)5/h1H2,2-3H3;4H,1-2H2,3H3;2H,1H2,(H,4,5). The lowest BCUT2D eigenvalue weighted by Gasteiger charge is -1.91. The molecule has 17 heavy (non-hydrogen) atoms. The molecule has 0 aliphatic rings. The van der Waals surface area contributed by atoms with Gasteiger partial charge in [0.05, 0.1) is 7.11 Å². The zero-order chi connectivity index (χ0) is 14.4. The first kappa shape index (κ1) is 20.3. The molecule has 0 atom stereocenters. The lowest BCUT2D eigenvalue weighted by Crippen LogP contribution is -1.98. The van der Waals surface area contributed by atoms with E-state index in [2.05, 4.69) is 31.1 Å². The van der Waals surface area contributed by atoms with Crippen LogP contribution in [-0.4, -0.2) is 24.2 Å². The van der Waals surface area contributed by atoms with E-state index in [-0.39, 0.29) is 5.97 Å². The highest BCUT2D eigenvalue weighted by Crippen LogP contribution is 1.87. The summed E-state index contributed by atoms with van der Waals surface area (Å²) in [6.45, 7) is 16.8. The van der Waals surface area contributed by atoms with E-state index < -0.39 is 5.97 Å². The van der Waals surface area contributed by atoms with Gasteiger partial charge in [-0.2, -0.15) is 0 Å². The number of ether oxygens (including phenoxy) is 1. The van der Waals surface area contributed by atoms with Crippen LogP contribution in [0, 0.1) is 0 Å². The van der Waals surface area contributed by atoms with Crippen LogP contribution >= 0.6 is 0 Å². The summed E-state index contributed by atoms with van der Waals surface area (Å²) in [7, 11) is 1.33. The number of aliphatic carboxylic acids is 1. The monoisotopic (exact) mass is 240 g/mol. The number of carbonyl (C=O) groups excluding carboxylic acids is 1. The fraction of sp³-hybridized carbons (Fsp3) is 0.231. The molecule has 0 radical (unpaired) electrons. The third-order valence-corrected chi connectivity index (χ3v) is 1.06. The maximum Gasteiger partial charge on any atom is 0.332 e. The third kappa shape index (κ3) is 31.5. The van der Waals surface area contributed by atoms with Crippen LogP contribution in [0.5, 0.6) is 0 Å². The molecule has 0 aromatic rings. The minimum atomic E-state index is -0.981. The first-order valence-electron chi connectivity index (χ1n) is 4.60. The van der Waals surface area contributed by atoms with E-state index in [9.17, 15) is 9.59 Å². The van der Waals surface area contributed by atoms with Crippen molar-refractivity contribution in [1.29, 1.82) is 0 Å². The number of carbonyl (C=O) groups is 2. The summed E-state index contributed by atoms with van der Waals surface area (Å²) in [6, 6.07) is 0. The summed E-state index contributed by atoms with van der Waals surface area (Å²) >= 11 is 0. The number of allylic oxidation sites excluding steroid dienone is 2. The molecular formula is C13H20O4. The minimum absolute atomic E-state index is 0.347. The lowest BCUT2D eigenvalue weighted by molar-refractivity contribution is -0.136. The molecule has 0 aliphatic carbocycles. The number of carboxylic acids is 1. The maximum atomic E-state index is 10.2. The largest absolute Gasteiger partial charge is 0.478 e. The van der Waals surface area contributed by atoms with Crippen LogP contribution < -0.4 is 0 Å². The van der Waals surface area contributed by atoms with Crippen molar-refractivity contribution >= 4 is 11.9 Å². The zero-order valence-corrected chi connectivity index (χ0v) is 10.7. The Morgan fingerprint density at radius 3 is 1.41 bits per heavy atom. The van der Waals surface area contributed by atoms with E-state index in [0.29, 0.717) is 5.57 Å². The fourth-order valence-electron chi connectivity index (χ4n) is 0.174. The van der Waals surface area contributed by atoms with Gasteiger partial charge >= 0.3 is 11.9 Å². The molecule has 0 amide bonds. The summed E-state index contributed by atoms with van der Waals surface area (Å²) in [5.74, 6) is -1.33. The van der Waals surface area contributed by atoms with Gasteiger partial charge in [-0.3, -0.25) is 0 Å². The van der Waals surface area contributed by atoms with Crippen molar-refractivity contribution in [3.05, 3.63) is 49.6 Å². The normalized spacial score (nSPS) is 7.00. The second-order valence-corrected chi connectivity index (χ2v) is 2.86. The summed E-state index contributed by atoms with van der Waals surface area (Å²) in [5, 5.41) is 7.60. The molecule has 0 heterocycles. The van der Waals surface area contributed by atoms with Crippen LogP contribution in [0.3, 0.4) is 0 Å². The Bertz CT molecular complexity index is 283. The van der Waals surface area contributed by atoms with E-state index in [1.165, 1.54) is 7.11 Å². The Hall–Kier alpha value is -2.10. The van der Waals surface area contributed by atoms with E-state index in [1.54, 1.807) is 13.0 Å². The average molecular weight is 240 g/mol. The number of hydrogen-bond donors (Lipinski definition) is 1. The SMILES string of the molecule is C=C(C)C(=O)OC.C=CC(=C)C.C=CC(=O)O. The topological polar surface area (TPSA) is 63.6 Å². The Morgan fingerprint density at radius 2 is 1.41 bits per heavy atom. The van der Waals surface area contributed by atoms with Crippen molar-refractivity contribution < 1.29 is 19.4 Å². The highest BCUT2D eigenvalue weighted by atomic mass is 16.5. The Labute approximate surface area is 103 Å². The average Bonchev–Trinajstić information content (AvgIpc) is 2.29. The predicted octanol–water partition coefficient (Wildman–Crippen LogP) is 2.74. The van der Waals surface area contributed by atoms with Crippen molar-refractivity contribution in [3.8, 4) is 0 Å². The van der Waals surface area contributed by atoms with Gasteiger partial charge < -0.3 is 9.84 Å². The van der Waals surface area contributed by atoms with Crippen LogP contribution in [0.2, 0.25) is 0 Å². The molecule has 0 unspecified atom stereocenters. The summed E-state index contributed by atoms with van der Waals surface area (Å²) in [6.07, 6.45) is 2.56. The van der Waals surface area contributed by atoms with Gasteiger partial charge in [-0.15, -0.1) is 0 Å². The number of hydrogen-bond acceptors (Lipinski definition) is 3. The molecule has 0 aliphatic heterocycles. The second kappa shape index (κ2) is 13.9. The van der Waals surface area contributed by atoms with Gasteiger partial charge in [0.25, 0.3) is 0 Å². The molecule has 4 nitrogen and oxygen atoms in total. The fourth-order valence-corrected chi connectivity index (χ4v) is 0.174. The van der Waals surface area contributed by atoms with Gasteiger partial charge in [0, 0.05) is 11.6 Å². The van der Waals surface area contributed by atoms with E-state index in [4.69, 9.17) is 5.11 Å². The third-order valence-electron chi connectivity index (χ3n) is 1.06. The van der Waals surface area contributed by atoms with Gasteiger partial charge in [-0.05, 0) is 13.8 Å². The number of methoxy groups -OCH3 is 1. The Morgan fingerprint density at radius 1 is 1.12 bits per heavy atom. The molecule has 4 heteroatoms. The van der Waals surface area contributed by atoms with Gasteiger partial charge in [-0.1, -0.05) is 38.0 Å². The highest BCUT2D eigenvalue weighted by molar-refractivity contribution is 5.86. The molecule has 0 aromatic heterocycles. The number of rotatable bonds is 3.